The number of aryl methyl sites for hydroxylation is 3. The number of hydrogen-bond donors (Lipinski definition) is 1. The molecule has 1 aromatic carbocycles. The second-order valence-electron chi connectivity index (χ2n) is 4.87. The lowest BCUT2D eigenvalue weighted by Gasteiger charge is -2.06. The van der Waals surface area contributed by atoms with Gasteiger partial charge in [0.15, 0.2) is 0 Å². The van der Waals surface area contributed by atoms with Gasteiger partial charge in [0.2, 0.25) is 0 Å². The smallest absolute Gasteiger partial charge is 0.145 e. The van der Waals surface area contributed by atoms with Crippen LogP contribution < -0.4 is 5.73 Å². The van der Waals surface area contributed by atoms with Gasteiger partial charge < -0.3 is 10.3 Å². The summed E-state index contributed by atoms with van der Waals surface area (Å²) < 4.78 is 4.20. The molecule has 0 aliphatic heterocycles. The number of aromatic nitrogens is 3. The van der Waals surface area contributed by atoms with E-state index in [1.165, 1.54) is 16.5 Å². The van der Waals surface area contributed by atoms with Crippen molar-refractivity contribution in [3.8, 4) is 0 Å². The maximum absolute atomic E-state index is 5.60. The van der Waals surface area contributed by atoms with Crippen molar-refractivity contribution >= 4 is 16.7 Å². The van der Waals surface area contributed by atoms with Crippen LogP contribution in [0.4, 0.5) is 5.82 Å². The summed E-state index contributed by atoms with van der Waals surface area (Å²) in [6.45, 7) is 4.04. The van der Waals surface area contributed by atoms with Crippen LogP contribution in [0.15, 0.2) is 42.7 Å². The van der Waals surface area contributed by atoms with Crippen LogP contribution in [-0.2, 0) is 13.1 Å². The van der Waals surface area contributed by atoms with Crippen molar-refractivity contribution in [3.63, 3.8) is 0 Å². The Labute approximate surface area is 112 Å². The summed E-state index contributed by atoms with van der Waals surface area (Å²) in [7, 11) is 0. The average Bonchev–Trinajstić information content (AvgIpc) is 2.98. The molecule has 0 saturated carbocycles. The van der Waals surface area contributed by atoms with E-state index in [4.69, 9.17) is 5.73 Å². The Hall–Kier alpha value is -2.23. The monoisotopic (exact) mass is 254 g/mol. The summed E-state index contributed by atoms with van der Waals surface area (Å²) in [6.07, 6.45) is 5.13. The van der Waals surface area contributed by atoms with E-state index >= 15 is 0 Å². The molecule has 0 saturated heterocycles. The van der Waals surface area contributed by atoms with Crippen LogP contribution in [-0.4, -0.2) is 14.3 Å². The fourth-order valence-electron chi connectivity index (χ4n) is 2.48. The Bertz CT molecular complexity index is 693. The number of nitrogens with two attached hydrogens (primary N) is 1. The molecule has 0 aliphatic carbocycles. The minimum absolute atomic E-state index is 0.585. The highest BCUT2D eigenvalue weighted by Crippen LogP contribution is 2.19. The highest BCUT2D eigenvalue weighted by atomic mass is 15.3. The summed E-state index contributed by atoms with van der Waals surface area (Å²) in [6, 6.07) is 10.5. The third-order valence-electron chi connectivity index (χ3n) is 3.48. The first-order valence-electron chi connectivity index (χ1n) is 6.57. The van der Waals surface area contributed by atoms with Gasteiger partial charge in [-0.25, -0.2) is 0 Å². The quantitative estimate of drug-likeness (QED) is 0.778. The van der Waals surface area contributed by atoms with Crippen molar-refractivity contribution in [2.45, 2.75) is 26.4 Å². The molecule has 2 aromatic heterocycles. The van der Waals surface area contributed by atoms with Gasteiger partial charge in [0.05, 0.1) is 0 Å². The molecule has 2 N–H and O–H groups in total. The van der Waals surface area contributed by atoms with E-state index in [0.29, 0.717) is 5.82 Å². The van der Waals surface area contributed by atoms with E-state index in [1.54, 1.807) is 0 Å². The lowest BCUT2D eigenvalue weighted by Crippen LogP contribution is -2.04. The van der Waals surface area contributed by atoms with Gasteiger partial charge in [-0.3, -0.25) is 4.68 Å². The number of rotatable bonds is 4. The zero-order valence-corrected chi connectivity index (χ0v) is 11.1. The predicted molar refractivity (Wildman–Crippen MR) is 77.9 cm³/mol. The normalized spacial score (nSPS) is 11.2. The molecule has 0 fully saturated rings. The minimum Gasteiger partial charge on any atom is -0.382 e. The molecule has 0 spiro atoms. The number of nitrogens with zero attached hydrogens (tertiary/aromatic N) is 3. The summed E-state index contributed by atoms with van der Waals surface area (Å²) in [4.78, 5) is 0. The number of benzene rings is 1. The first kappa shape index (κ1) is 11.8. The summed E-state index contributed by atoms with van der Waals surface area (Å²) in [5, 5.41) is 5.53. The Balaban J connectivity index is 1.70. The third kappa shape index (κ3) is 2.34. The molecule has 2 heterocycles. The van der Waals surface area contributed by atoms with Crippen LogP contribution >= 0.6 is 0 Å². The van der Waals surface area contributed by atoms with E-state index in [-0.39, 0.29) is 0 Å². The van der Waals surface area contributed by atoms with Crippen LogP contribution in [0.2, 0.25) is 0 Å². The van der Waals surface area contributed by atoms with Crippen LogP contribution in [0.1, 0.15) is 12.0 Å². The number of hydrogen-bond acceptors (Lipinski definition) is 2. The van der Waals surface area contributed by atoms with Crippen LogP contribution in [0, 0.1) is 6.92 Å². The van der Waals surface area contributed by atoms with Crippen LogP contribution in [0.5, 0.6) is 0 Å². The lowest BCUT2D eigenvalue weighted by molar-refractivity contribution is 0.535. The van der Waals surface area contributed by atoms with Crippen molar-refractivity contribution in [2.24, 2.45) is 0 Å². The Morgan fingerprint density at radius 1 is 1.11 bits per heavy atom. The molecule has 0 amide bonds. The SMILES string of the molecule is Cc1cccc2c1ccn2CCCn1ccc(N)n1. The fraction of sp³-hybridized carbons (Fsp3) is 0.267. The van der Waals surface area contributed by atoms with Gasteiger partial charge in [-0.1, -0.05) is 12.1 Å². The Morgan fingerprint density at radius 2 is 2.00 bits per heavy atom. The largest absolute Gasteiger partial charge is 0.382 e. The second kappa shape index (κ2) is 4.80. The van der Waals surface area contributed by atoms with E-state index < -0.39 is 0 Å². The lowest BCUT2D eigenvalue weighted by atomic mass is 10.1. The maximum Gasteiger partial charge on any atom is 0.145 e. The molecule has 3 rings (SSSR count). The van der Waals surface area contributed by atoms with Crippen molar-refractivity contribution in [3.05, 3.63) is 48.3 Å². The maximum atomic E-state index is 5.60. The summed E-state index contributed by atoms with van der Waals surface area (Å²) in [5.41, 5.74) is 8.23. The fourth-order valence-corrected chi connectivity index (χ4v) is 2.48. The first-order chi connectivity index (χ1) is 9.24. The number of anilines is 1. The van der Waals surface area contributed by atoms with Crippen molar-refractivity contribution in [2.75, 3.05) is 5.73 Å². The molecular weight excluding hydrogens is 236 g/mol. The van der Waals surface area contributed by atoms with Gasteiger partial charge >= 0.3 is 0 Å². The van der Waals surface area contributed by atoms with Gasteiger partial charge in [-0.2, -0.15) is 5.10 Å². The number of fused-ring (bicyclic) bond motifs is 1. The van der Waals surface area contributed by atoms with Crippen LogP contribution in [0.25, 0.3) is 10.9 Å². The molecule has 0 radical (unpaired) electrons. The molecule has 0 atom stereocenters. The van der Waals surface area contributed by atoms with Gasteiger partial charge in [0, 0.05) is 36.4 Å². The van der Waals surface area contributed by atoms with E-state index in [9.17, 15) is 0 Å². The molecule has 0 unspecified atom stereocenters. The van der Waals surface area contributed by atoms with Gasteiger partial charge in [-0.15, -0.1) is 0 Å². The molecule has 0 aliphatic rings. The zero-order chi connectivity index (χ0) is 13.2. The minimum atomic E-state index is 0.585. The second-order valence-corrected chi connectivity index (χ2v) is 4.87. The summed E-state index contributed by atoms with van der Waals surface area (Å²) in [5.74, 6) is 0.585. The molecule has 19 heavy (non-hydrogen) atoms. The highest BCUT2D eigenvalue weighted by molar-refractivity contribution is 5.83. The Kier molecular flexibility index (Phi) is 2.99. The molecule has 4 nitrogen and oxygen atoms in total. The van der Waals surface area contributed by atoms with Crippen LogP contribution in [0.3, 0.4) is 0 Å². The van der Waals surface area contributed by atoms with Crippen molar-refractivity contribution in [1.29, 1.82) is 0 Å². The summed E-state index contributed by atoms with van der Waals surface area (Å²) >= 11 is 0. The van der Waals surface area contributed by atoms with E-state index in [0.717, 1.165) is 19.5 Å². The van der Waals surface area contributed by atoms with Crippen molar-refractivity contribution < 1.29 is 0 Å². The van der Waals surface area contributed by atoms with Gasteiger partial charge in [0.25, 0.3) is 0 Å². The van der Waals surface area contributed by atoms with Gasteiger partial charge in [0.1, 0.15) is 5.82 Å². The average molecular weight is 254 g/mol. The topological polar surface area (TPSA) is 48.8 Å². The van der Waals surface area contributed by atoms with E-state index in [1.807, 2.05) is 16.9 Å². The van der Waals surface area contributed by atoms with Gasteiger partial charge in [-0.05, 0) is 37.1 Å². The van der Waals surface area contributed by atoms with E-state index in [2.05, 4.69) is 47.1 Å². The standard InChI is InChI=1S/C15H18N4/c1-12-4-2-5-14-13(12)6-10-18(14)8-3-9-19-11-7-15(16)17-19/h2,4-7,10-11H,3,8-9H2,1H3,(H2,16,17). The molecule has 98 valence electrons. The first-order valence-corrected chi connectivity index (χ1v) is 6.57. The third-order valence-corrected chi connectivity index (χ3v) is 3.48. The number of nitrogen functional groups attached to an aromatic ring is 1. The predicted octanol–water partition coefficient (Wildman–Crippen LogP) is 2.82. The molecule has 0 bridgehead atoms. The Morgan fingerprint density at radius 3 is 2.79 bits per heavy atom. The molecular formula is C15H18N4. The highest BCUT2D eigenvalue weighted by Gasteiger charge is 2.02. The zero-order valence-electron chi connectivity index (χ0n) is 11.1. The van der Waals surface area contributed by atoms with Crippen molar-refractivity contribution in [1.82, 2.24) is 14.3 Å². The molecule has 3 aromatic rings. The molecule has 4 heteroatoms.